The molecule has 12 atom stereocenters. The van der Waals surface area contributed by atoms with Gasteiger partial charge in [-0.05, 0) is 98.2 Å². The van der Waals surface area contributed by atoms with Crippen LogP contribution in [0.15, 0.2) is 23.3 Å². The van der Waals surface area contributed by atoms with Crippen molar-refractivity contribution in [2.24, 2.45) is 50.2 Å². The van der Waals surface area contributed by atoms with Gasteiger partial charge in [0.1, 0.15) is 6.61 Å². The Balaban J connectivity index is 0.00000300. The lowest BCUT2D eigenvalue weighted by Gasteiger charge is -2.72. The molecule has 5 rings (SSSR count). The zero-order valence-corrected chi connectivity index (χ0v) is 29.0. The largest absolute Gasteiger partial charge is 0.465 e. The maximum Gasteiger partial charge on any atom is 0.333 e. The minimum absolute atomic E-state index is 0. The molecule has 3 unspecified atom stereocenters. The Morgan fingerprint density at radius 3 is 2.09 bits per heavy atom. The van der Waals surface area contributed by atoms with E-state index in [2.05, 4.69) is 33.8 Å². The molecule has 8 heteroatoms. The molecule has 4 N–H and O–H groups in total. The summed E-state index contributed by atoms with van der Waals surface area (Å²) >= 11 is 0. The second-order valence-electron chi connectivity index (χ2n) is 17.2. The summed E-state index contributed by atoms with van der Waals surface area (Å²) in [4.78, 5) is 24.7. The van der Waals surface area contributed by atoms with Crippen molar-refractivity contribution < 1.29 is 39.5 Å². The summed E-state index contributed by atoms with van der Waals surface area (Å²) in [7, 11) is 0. The van der Waals surface area contributed by atoms with Crippen LogP contribution >= 0.6 is 0 Å². The van der Waals surface area contributed by atoms with Gasteiger partial charge in [-0.3, -0.25) is 4.79 Å². The van der Waals surface area contributed by atoms with Crippen LogP contribution in [-0.4, -0.2) is 70.0 Å². The molecule has 0 spiro atoms. The Kier molecular flexibility index (Phi) is 10.9. The van der Waals surface area contributed by atoms with Crippen LogP contribution in [0.2, 0.25) is 0 Å². The molecule has 0 saturated heterocycles. The van der Waals surface area contributed by atoms with E-state index in [1.54, 1.807) is 13.0 Å². The van der Waals surface area contributed by atoms with Gasteiger partial charge in [0.2, 0.25) is 0 Å². The van der Waals surface area contributed by atoms with Gasteiger partial charge in [0.15, 0.2) is 0 Å². The van der Waals surface area contributed by atoms with Gasteiger partial charge in [-0.15, -0.1) is 0 Å². The third kappa shape index (κ3) is 5.47. The van der Waals surface area contributed by atoms with Crippen molar-refractivity contribution >= 4 is 11.9 Å². The van der Waals surface area contributed by atoms with E-state index in [1.165, 1.54) is 12.5 Å². The Hall–Kier alpha value is -1.74. The highest BCUT2D eigenvalue weighted by molar-refractivity contribution is 5.87. The van der Waals surface area contributed by atoms with Crippen molar-refractivity contribution in [3.63, 3.8) is 0 Å². The van der Waals surface area contributed by atoms with Crippen LogP contribution in [0, 0.1) is 50.2 Å². The third-order valence-electron chi connectivity index (χ3n) is 14.7. The van der Waals surface area contributed by atoms with Gasteiger partial charge in [0.05, 0.1) is 36.4 Å². The molecule has 0 radical (unpaired) electrons. The van der Waals surface area contributed by atoms with Gasteiger partial charge < -0.3 is 29.9 Å². The first-order chi connectivity index (χ1) is 20.8. The molecule has 0 aromatic rings. The highest BCUT2D eigenvalue weighted by Gasteiger charge is 2.72. The Labute approximate surface area is 284 Å². The van der Waals surface area contributed by atoms with Gasteiger partial charge in [-0.25, -0.2) is 4.79 Å². The SMILES string of the molecule is C.C.C/C=C(\C)C(=O)OC[C@]1(C)C2CC[C@]3(C)C(CC=C4C5CC(C)(C)[C@@H](O)[C@H](O)[C@]5(COC(C)=O)[C@H](O)C[C@]43C)[C@@]2(C)CC[C@@H]1O. The van der Waals surface area contributed by atoms with E-state index in [9.17, 15) is 30.0 Å². The molecule has 4 saturated carbocycles. The van der Waals surface area contributed by atoms with Crippen LogP contribution in [0.4, 0.5) is 0 Å². The van der Waals surface area contributed by atoms with Crippen LogP contribution in [0.3, 0.4) is 0 Å². The first kappa shape index (κ1) is 39.7. The molecule has 0 aromatic carbocycles. The maximum atomic E-state index is 12.7. The minimum Gasteiger partial charge on any atom is -0.465 e. The third-order valence-corrected chi connectivity index (χ3v) is 14.7. The fourth-order valence-electron chi connectivity index (χ4n) is 11.6. The molecule has 8 nitrogen and oxygen atoms in total. The summed E-state index contributed by atoms with van der Waals surface area (Å²) in [6.07, 6.45) is 5.28. The molecule has 5 aliphatic carbocycles. The summed E-state index contributed by atoms with van der Waals surface area (Å²) in [6, 6.07) is 0. The number of rotatable bonds is 5. The molecule has 0 amide bonds. The predicted molar refractivity (Wildman–Crippen MR) is 184 cm³/mol. The number of carbonyl (C=O) groups is 2. The lowest BCUT2D eigenvalue weighted by molar-refractivity contribution is -0.261. The average molecular weight is 663 g/mol. The molecule has 0 aromatic heterocycles. The van der Waals surface area contributed by atoms with Crippen molar-refractivity contribution in [3.8, 4) is 0 Å². The van der Waals surface area contributed by atoms with Crippen LogP contribution in [0.25, 0.3) is 0 Å². The van der Waals surface area contributed by atoms with Gasteiger partial charge >= 0.3 is 11.9 Å². The van der Waals surface area contributed by atoms with Gasteiger partial charge in [0, 0.05) is 17.9 Å². The second kappa shape index (κ2) is 12.9. The molecule has 0 bridgehead atoms. The molecule has 4 fully saturated rings. The molecule has 47 heavy (non-hydrogen) atoms. The number of hydrogen-bond acceptors (Lipinski definition) is 8. The lowest BCUT2D eigenvalue weighted by Crippen LogP contribution is -2.72. The predicted octanol–water partition coefficient (Wildman–Crippen LogP) is 6.39. The number of hydrogen-bond donors (Lipinski definition) is 4. The van der Waals surface area contributed by atoms with Crippen LogP contribution in [0.5, 0.6) is 0 Å². The summed E-state index contributed by atoms with van der Waals surface area (Å²) < 4.78 is 11.4. The van der Waals surface area contributed by atoms with E-state index in [0.717, 1.165) is 25.7 Å². The van der Waals surface area contributed by atoms with E-state index in [-0.39, 0.29) is 62.6 Å². The number of aliphatic hydroxyl groups excluding tert-OH is 4. The Bertz CT molecular complexity index is 1270. The van der Waals surface area contributed by atoms with Crippen LogP contribution < -0.4 is 0 Å². The standard InChI is InChI=1S/C37H58O8.2CH4/c1-10-21(2)31(43)45-19-34(7)25-13-16-35(8)26(33(25,6)15-14-27(34)39)12-11-23-24-17-32(4,5)29(41)30(42)37(24,20-44-22(3)38)28(40)18-36(23,35)9;;/h10-11,24-30,39-42H,12-20H2,1-9H3;2*1H4/b21-10+;;/t24?,25?,26?,27-,28+,29-,30-,33-,34+,35+,36+,37-;;/m0../s1. The van der Waals surface area contributed by atoms with Crippen molar-refractivity contribution in [1.82, 2.24) is 0 Å². The molecule has 0 aliphatic heterocycles. The maximum absolute atomic E-state index is 12.7. The second-order valence-corrected chi connectivity index (χ2v) is 17.2. The summed E-state index contributed by atoms with van der Waals surface area (Å²) in [5, 5.41) is 46.6. The zero-order chi connectivity index (χ0) is 33.5. The number of fused-ring (bicyclic) bond motifs is 7. The summed E-state index contributed by atoms with van der Waals surface area (Å²) in [5.41, 5.74) is -1.32. The number of ether oxygens (including phenoxy) is 2. The van der Waals surface area contributed by atoms with E-state index in [0.29, 0.717) is 24.8 Å². The van der Waals surface area contributed by atoms with E-state index < -0.39 is 52.0 Å². The van der Waals surface area contributed by atoms with E-state index in [4.69, 9.17) is 9.47 Å². The molecule has 270 valence electrons. The summed E-state index contributed by atoms with van der Waals surface area (Å²) in [6.45, 7) is 18.0. The fourth-order valence-corrected chi connectivity index (χ4v) is 11.6. The smallest absolute Gasteiger partial charge is 0.333 e. The quantitative estimate of drug-likeness (QED) is 0.151. The number of carbonyl (C=O) groups excluding carboxylic acids is 2. The monoisotopic (exact) mass is 662 g/mol. The molecular weight excluding hydrogens is 596 g/mol. The minimum atomic E-state index is -1.25. The first-order valence-electron chi connectivity index (χ1n) is 17.1. The fraction of sp³-hybridized carbons (Fsp3) is 0.846. The molecule has 0 heterocycles. The molecule has 5 aliphatic rings. The first-order valence-corrected chi connectivity index (χ1v) is 17.1. The number of aliphatic hydroxyl groups is 4. The number of allylic oxidation sites excluding steroid dienone is 3. The van der Waals surface area contributed by atoms with Gasteiger partial charge in [0.25, 0.3) is 0 Å². The Morgan fingerprint density at radius 1 is 0.851 bits per heavy atom. The van der Waals surface area contributed by atoms with Crippen molar-refractivity contribution in [3.05, 3.63) is 23.3 Å². The zero-order valence-electron chi connectivity index (χ0n) is 29.0. The highest BCUT2D eigenvalue weighted by Crippen LogP contribution is 2.75. The van der Waals surface area contributed by atoms with Gasteiger partial charge in [-0.1, -0.05) is 74.1 Å². The topological polar surface area (TPSA) is 134 Å². The summed E-state index contributed by atoms with van der Waals surface area (Å²) in [5.74, 6) is -0.674. The van der Waals surface area contributed by atoms with Crippen molar-refractivity contribution in [1.29, 1.82) is 0 Å². The van der Waals surface area contributed by atoms with E-state index >= 15 is 0 Å². The van der Waals surface area contributed by atoms with E-state index in [1.807, 2.05) is 20.8 Å². The van der Waals surface area contributed by atoms with Gasteiger partial charge in [-0.2, -0.15) is 0 Å². The average Bonchev–Trinajstić information content (AvgIpc) is 2.96. The highest BCUT2D eigenvalue weighted by atomic mass is 16.5. The van der Waals surface area contributed by atoms with Crippen LogP contribution in [0.1, 0.15) is 122 Å². The Morgan fingerprint density at radius 2 is 1.49 bits per heavy atom. The normalized spacial score (nSPS) is 46.9. The van der Waals surface area contributed by atoms with Crippen molar-refractivity contribution in [2.75, 3.05) is 13.2 Å². The lowest BCUT2D eigenvalue weighted by atomic mass is 9.33. The van der Waals surface area contributed by atoms with Crippen molar-refractivity contribution in [2.45, 2.75) is 147 Å². The molecular formula is C39H66O8. The number of esters is 2. The van der Waals surface area contributed by atoms with Crippen LogP contribution in [-0.2, 0) is 19.1 Å².